The first-order valence-corrected chi connectivity index (χ1v) is 15.8. The van der Waals surface area contributed by atoms with Crippen LogP contribution in [0.15, 0.2) is 41.7 Å². The molecule has 0 spiro atoms. The molecule has 218 valence electrons. The highest BCUT2D eigenvalue weighted by Crippen LogP contribution is 2.76. The molecule has 0 aromatic carbocycles. The molecule has 0 aliphatic heterocycles. The molecule has 4 nitrogen and oxygen atoms in total. The molecular weight excluding hydrogens is 494 g/mol. The number of aromatic nitrogens is 1. The molecule has 0 radical (unpaired) electrons. The maximum absolute atomic E-state index is 12.9. The predicted molar refractivity (Wildman–Crippen MR) is 160 cm³/mol. The summed E-state index contributed by atoms with van der Waals surface area (Å²) in [6, 6.07) is 4.07. The third-order valence-corrected chi connectivity index (χ3v) is 13.9. The van der Waals surface area contributed by atoms with Gasteiger partial charge in [-0.2, -0.15) is 0 Å². The number of aliphatic carboxylic acids is 1. The largest absolute Gasteiger partial charge is 0.481 e. The van der Waals surface area contributed by atoms with Gasteiger partial charge in [-0.3, -0.25) is 9.78 Å². The van der Waals surface area contributed by atoms with Crippen molar-refractivity contribution in [3.05, 3.63) is 47.3 Å². The number of rotatable bonds is 2. The highest BCUT2D eigenvalue weighted by atomic mass is 16.4. The van der Waals surface area contributed by atoms with Gasteiger partial charge in [-0.15, -0.1) is 0 Å². The summed E-state index contributed by atoms with van der Waals surface area (Å²) in [5, 5.41) is 22.3. The molecule has 1 aromatic heterocycles. The lowest BCUT2D eigenvalue weighted by atomic mass is 9.33. The van der Waals surface area contributed by atoms with Crippen molar-refractivity contribution < 1.29 is 15.0 Å². The topological polar surface area (TPSA) is 70.4 Å². The first-order valence-electron chi connectivity index (χ1n) is 15.8. The van der Waals surface area contributed by atoms with Crippen LogP contribution >= 0.6 is 0 Å². The summed E-state index contributed by atoms with van der Waals surface area (Å²) in [5.74, 6) is 0.515. The molecule has 8 atom stereocenters. The Labute approximate surface area is 241 Å². The van der Waals surface area contributed by atoms with Crippen LogP contribution in [0.2, 0.25) is 0 Å². The second-order valence-electron chi connectivity index (χ2n) is 16.6. The lowest BCUT2D eigenvalue weighted by molar-refractivity contribution is -0.193. The molecule has 5 aliphatic carbocycles. The molecule has 1 aromatic rings. The van der Waals surface area contributed by atoms with E-state index in [1.165, 1.54) is 5.57 Å². The Kier molecular flexibility index (Phi) is 6.19. The highest BCUT2D eigenvalue weighted by molar-refractivity contribution is 5.76. The Bertz CT molecular complexity index is 1260. The van der Waals surface area contributed by atoms with Crippen molar-refractivity contribution in [3.63, 3.8) is 0 Å². The number of hydrogen-bond donors (Lipinski definition) is 2. The van der Waals surface area contributed by atoms with Gasteiger partial charge in [0.15, 0.2) is 0 Å². The molecule has 0 saturated heterocycles. The molecule has 40 heavy (non-hydrogen) atoms. The van der Waals surface area contributed by atoms with E-state index in [0.717, 1.165) is 68.9 Å². The fraction of sp³-hybridized carbons (Fsp3) is 0.722. The van der Waals surface area contributed by atoms with E-state index in [0.29, 0.717) is 11.8 Å². The zero-order chi connectivity index (χ0) is 28.9. The SMILES string of the molecule is CC1(C)CC[C@]2(C(=O)O)CC[C@]3(C)C(=CC[C@@H]4[C@@]5(C)C/C(=C/c6ccncc6)[C@H](O)C(C)(C)[C@@H]5CC[C@]43C)[C@@H]2C1. The minimum atomic E-state index is -0.595. The molecule has 5 aliphatic rings. The van der Waals surface area contributed by atoms with Gasteiger partial charge in [0.2, 0.25) is 0 Å². The van der Waals surface area contributed by atoms with Gasteiger partial charge in [-0.05, 0) is 126 Å². The van der Waals surface area contributed by atoms with Gasteiger partial charge in [-0.25, -0.2) is 0 Å². The van der Waals surface area contributed by atoms with Crippen molar-refractivity contribution in [2.75, 3.05) is 0 Å². The zero-order valence-corrected chi connectivity index (χ0v) is 25.9. The number of carboxylic acids is 1. The maximum Gasteiger partial charge on any atom is 0.310 e. The van der Waals surface area contributed by atoms with E-state index in [4.69, 9.17) is 0 Å². The van der Waals surface area contributed by atoms with Crippen molar-refractivity contribution >= 4 is 12.0 Å². The van der Waals surface area contributed by atoms with E-state index in [9.17, 15) is 15.0 Å². The van der Waals surface area contributed by atoms with Gasteiger partial charge in [0.25, 0.3) is 0 Å². The van der Waals surface area contributed by atoms with Crippen LogP contribution < -0.4 is 0 Å². The van der Waals surface area contributed by atoms with E-state index in [1.54, 1.807) is 0 Å². The molecule has 4 heteroatoms. The monoisotopic (exact) mass is 545 g/mol. The summed E-state index contributed by atoms with van der Waals surface area (Å²) in [5.41, 5.74) is 3.30. The lowest BCUT2D eigenvalue weighted by Gasteiger charge is -2.71. The molecule has 4 fully saturated rings. The first kappa shape index (κ1) is 28.2. The smallest absolute Gasteiger partial charge is 0.310 e. The number of hydrogen-bond acceptors (Lipinski definition) is 3. The summed E-state index contributed by atoms with van der Waals surface area (Å²) in [4.78, 5) is 17.1. The van der Waals surface area contributed by atoms with Crippen LogP contribution in [-0.4, -0.2) is 27.3 Å². The molecule has 6 rings (SSSR count). The summed E-state index contributed by atoms with van der Waals surface area (Å²) >= 11 is 0. The summed E-state index contributed by atoms with van der Waals surface area (Å²) in [6.07, 6.45) is 16.8. The fourth-order valence-corrected chi connectivity index (χ4v) is 11.5. The predicted octanol–water partition coefficient (Wildman–Crippen LogP) is 8.32. The summed E-state index contributed by atoms with van der Waals surface area (Å²) in [6.45, 7) is 16.9. The Balaban J connectivity index is 1.44. The van der Waals surface area contributed by atoms with Crippen LogP contribution in [0.5, 0.6) is 0 Å². The van der Waals surface area contributed by atoms with Gasteiger partial charge in [0.1, 0.15) is 0 Å². The Morgan fingerprint density at radius 3 is 2.30 bits per heavy atom. The average Bonchev–Trinajstić information content (AvgIpc) is 2.87. The van der Waals surface area contributed by atoms with Crippen molar-refractivity contribution in [3.8, 4) is 0 Å². The third kappa shape index (κ3) is 3.66. The van der Waals surface area contributed by atoms with E-state index in [1.807, 2.05) is 24.5 Å². The van der Waals surface area contributed by atoms with Gasteiger partial charge in [0.05, 0.1) is 11.5 Å². The van der Waals surface area contributed by atoms with Crippen LogP contribution in [-0.2, 0) is 4.79 Å². The second-order valence-corrected chi connectivity index (χ2v) is 16.6. The molecule has 0 unspecified atom stereocenters. The second kappa shape index (κ2) is 8.79. The number of carbonyl (C=O) groups is 1. The third-order valence-electron chi connectivity index (χ3n) is 13.9. The van der Waals surface area contributed by atoms with Crippen molar-refractivity contribution in [2.45, 2.75) is 112 Å². The first-order chi connectivity index (χ1) is 18.6. The molecule has 0 bridgehead atoms. The number of aliphatic hydroxyl groups excluding tert-OH is 1. The Morgan fingerprint density at radius 2 is 1.62 bits per heavy atom. The minimum absolute atomic E-state index is 0.0100. The fourth-order valence-electron chi connectivity index (χ4n) is 11.5. The number of carboxylic acid groups (broad SMARTS) is 1. The lowest BCUT2D eigenvalue weighted by Crippen LogP contribution is -2.65. The van der Waals surface area contributed by atoms with Crippen LogP contribution in [0.1, 0.15) is 112 Å². The van der Waals surface area contributed by atoms with Crippen LogP contribution in [0.3, 0.4) is 0 Å². The molecule has 0 amide bonds. The Hall–Kier alpha value is -1.94. The number of pyridine rings is 1. The summed E-state index contributed by atoms with van der Waals surface area (Å²) < 4.78 is 0. The van der Waals surface area contributed by atoms with Crippen LogP contribution in [0.4, 0.5) is 0 Å². The van der Waals surface area contributed by atoms with Gasteiger partial charge < -0.3 is 10.2 Å². The summed E-state index contributed by atoms with van der Waals surface area (Å²) in [7, 11) is 0. The quantitative estimate of drug-likeness (QED) is 0.367. The highest BCUT2D eigenvalue weighted by Gasteiger charge is 2.69. The van der Waals surface area contributed by atoms with Gasteiger partial charge in [-0.1, -0.05) is 66.2 Å². The Morgan fingerprint density at radius 1 is 0.950 bits per heavy atom. The number of allylic oxidation sites excluding steroid dienone is 2. The van der Waals surface area contributed by atoms with Crippen molar-refractivity contribution in [2.24, 2.45) is 50.2 Å². The maximum atomic E-state index is 12.9. The van der Waals surface area contributed by atoms with Gasteiger partial charge >= 0.3 is 5.97 Å². The standard InChI is InChI=1S/C36H51NO3/c1-31(2)14-16-36(30(39)40)17-15-34(6)25(26(36)22-31)8-9-28-33(5)21-24(20-23-11-18-37-19-12-23)29(38)32(3,4)27(33)10-13-35(28,34)7/h8,11-12,18-20,26-29,38H,9-10,13-17,21-22H2,1-7H3,(H,39,40)/b24-20-/t26-,27-,28+,29-,33-,34+,35+,36-/m0/s1. The molecule has 1 heterocycles. The van der Waals surface area contributed by atoms with Crippen molar-refractivity contribution in [1.82, 2.24) is 4.98 Å². The molecule has 4 saturated carbocycles. The van der Waals surface area contributed by atoms with Crippen molar-refractivity contribution in [1.29, 1.82) is 0 Å². The number of aliphatic hydroxyl groups is 1. The average molecular weight is 546 g/mol. The normalized spacial score (nSPS) is 46.3. The van der Waals surface area contributed by atoms with E-state index >= 15 is 0 Å². The molecular formula is C36H51NO3. The van der Waals surface area contributed by atoms with E-state index in [2.05, 4.69) is 65.6 Å². The van der Waals surface area contributed by atoms with E-state index in [-0.39, 0.29) is 33.0 Å². The van der Waals surface area contributed by atoms with Crippen LogP contribution in [0, 0.1) is 50.2 Å². The van der Waals surface area contributed by atoms with Crippen LogP contribution in [0.25, 0.3) is 6.08 Å². The van der Waals surface area contributed by atoms with Gasteiger partial charge in [0, 0.05) is 12.4 Å². The molecule has 2 N–H and O–H groups in total. The number of fused-ring (bicyclic) bond motifs is 7. The minimum Gasteiger partial charge on any atom is -0.481 e. The van der Waals surface area contributed by atoms with E-state index < -0.39 is 17.5 Å². The zero-order valence-electron chi connectivity index (χ0n) is 25.9. The number of nitrogens with zero attached hydrogens (tertiary/aromatic N) is 1.